The molecular weight excluding hydrogens is 352 g/mol. The molecule has 1 saturated heterocycles. The van der Waals surface area contributed by atoms with Crippen LogP contribution in [0.25, 0.3) is 0 Å². The Morgan fingerprint density at radius 2 is 1.71 bits per heavy atom. The maximum Gasteiger partial charge on any atom is 0.226 e. The van der Waals surface area contributed by atoms with Crippen LogP contribution in [0.2, 0.25) is 0 Å². The number of nitrogens with one attached hydrogen (secondary N) is 1. The lowest BCUT2D eigenvalue weighted by Crippen LogP contribution is -2.43. The first-order valence-electron chi connectivity index (χ1n) is 9.83. The lowest BCUT2D eigenvalue weighted by Gasteiger charge is -2.32. The number of amides is 2. The van der Waals surface area contributed by atoms with Crippen molar-refractivity contribution in [1.82, 2.24) is 10.2 Å². The van der Waals surface area contributed by atoms with Gasteiger partial charge in [-0.25, -0.2) is 0 Å². The van der Waals surface area contributed by atoms with Crippen molar-refractivity contribution in [3.8, 4) is 5.75 Å². The molecule has 0 aliphatic carbocycles. The Kier molecular flexibility index (Phi) is 6.69. The highest BCUT2D eigenvalue weighted by Crippen LogP contribution is 2.21. The molecule has 2 amide bonds. The van der Waals surface area contributed by atoms with Gasteiger partial charge in [0.2, 0.25) is 11.8 Å². The van der Waals surface area contributed by atoms with E-state index >= 15 is 0 Å². The molecule has 3 rings (SSSR count). The lowest BCUT2D eigenvalue weighted by atomic mass is 9.94. The van der Waals surface area contributed by atoms with Gasteiger partial charge >= 0.3 is 0 Å². The number of benzene rings is 2. The summed E-state index contributed by atoms with van der Waals surface area (Å²) >= 11 is 0. The molecule has 0 saturated carbocycles. The molecule has 1 atom stereocenters. The number of ether oxygens (including phenoxy) is 1. The van der Waals surface area contributed by atoms with Crippen molar-refractivity contribution in [2.75, 3.05) is 20.2 Å². The van der Waals surface area contributed by atoms with E-state index < -0.39 is 0 Å². The Morgan fingerprint density at radius 1 is 1.07 bits per heavy atom. The minimum absolute atomic E-state index is 0.0107. The Hall–Kier alpha value is -2.82. The molecule has 1 unspecified atom stereocenters. The number of carbonyl (C=O) groups excluding carboxylic acids is 2. The van der Waals surface area contributed by atoms with Crippen molar-refractivity contribution in [1.29, 1.82) is 0 Å². The average Bonchev–Trinajstić information content (AvgIpc) is 2.75. The standard InChI is InChI=1S/C23H28N2O3/c1-17(19-6-4-3-5-7-19)24-23(27)20-12-14-25(15-13-20)22(26)16-18-8-10-21(28-2)11-9-18/h3-11,17,20H,12-16H2,1-2H3,(H,24,27). The number of likely N-dealkylation sites (tertiary alicyclic amines) is 1. The predicted molar refractivity (Wildman–Crippen MR) is 109 cm³/mol. The van der Waals surface area contributed by atoms with Crippen LogP contribution in [0, 0.1) is 5.92 Å². The van der Waals surface area contributed by atoms with Crippen LogP contribution in [-0.2, 0) is 16.0 Å². The fraction of sp³-hybridized carbons (Fsp3) is 0.391. The monoisotopic (exact) mass is 380 g/mol. The molecule has 5 heteroatoms. The molecule has 1 aliphatic rings. The molecule has 0 aromatic heterocycles. The summed E-state index contributed by atoms with van der Waals surface area (Å²) in [5.41, 5.74) is 2.07. The van der Waals surface area contributed by atoms with Gasteiger partial charge in [0.25, 0.3) is 0 Å². The number of carbonyl (C=O) groups is 2. The van der Waals surface area contributed by atoms with Gasteiger partial charge in [-0.1, -0.05) is 42.5 Å². The van der Waals surface area contributed by atoms with Crippen LogP contribution in [0.4, 0.5) is 0 Å². The molecule has 1 fully saturated rings. The molecule has 1 aliphatic heterocycles. The smallest absolute Gasteiger partial charge is 0.226 e. The Labute approximate surface area is 166 Å². The third kappa shape index (κ3) is 5.12. The van der Waals surface area contributed by atoms with Gasteiger partial charge in [0.05, 0.1) is 19.6 Å². The minimum atomic E-state index is -0.0313. The van der Waals surface area contributed by atoms with Gasteiger partial charge in [-0.3, -0.25) is 9.59 Å². The lowest BCUT2D eigenvalue weighted by molar-refractivity contribution is -0.135. The summed E-state index contributed by atoms with van der Waals surface area (Å²) in [5, 5.41) is 3.11. The third-order valence-electron chi connectivity index (χ3n) is 5.39. The van der Waals surface area contributed by atoms with Crippen molar-refractivity contribution < 1.29 is 14.3 Å². The van der Waals surface area contributed by atoms with Crippen LogP contribution < -0.4 is 10.1 Å². The number of rotatable bonds is 6. The number of piperidine rings is 1. The second-order valence-corrected chi connectivity index (χ2v) is 7.32. The van der Waals surface area contributed by atoms with Crippen LogP contribution in [0.15, 0.2) is 54.6 Å². The van der Waals surface area contributed by atoms with Crippen LogP contribution in [0.1, 0.15) is 36.9 Å². The van der Waals surface area contributed by atoms with E-state index in [4.69, 9.17) is 4.74 Å². The van der Waals surface area contributed by atoms with E-state index in [1.54, 1.807) is 7.11 Å². The van der Waals surface area contributed by atoms with E-state index in [9.17, 15) is 9.59 Å². The largest absolute Gasteiger partial charge is 0.497 e. The van der Waals surface area contributed by atoms with Crippen molar-refractivity contribution in [3.05, 3.63) is 65.7 Å². The van der Waals surface area contributed by atoms with Gasteiger partial charge in [-0.15, -0.1) is 0 Å². The first kappa shape index (κ1) is 19.9. The first-order valence-corrected chi connectivity index (χ1v) is 9.83. The molecule has 0 bridgehead atoms. The van der Waals surface area contributed by atoms with E-state index in [0.29, 0.717) is 32.4 Å². The Bertz CT molecular complexity index is 781. The molecule has 1 heterocycles. The molecule has 2 aromatic carbocycles. The van der Waals surface area contributed by atoms with E-state index in [1.807, 2.05) is 66.4 Å². The molecule has 1 N–H and O–H groups in total. The second kappa shape index (κ2) is 9.40. The zero-order valence-corrected chi connectivity index (χ0v) is 16.6. The third-order valence-corrected chi connectivity index (χ3v) is 5.39. The maximum absolute atomic E-state index is 12.6. The van der Waals surface area contributed by atoms with Crippen molar-refractivity contribution in [2.45, 2.75) is 32.2 Å². The average molecular weight is 380 g/mol. The van der Waals surface area contributed by atoms with Crippen molar-refractivity contribution in [3.63, 3.8) is 0 Å². The zero-order valence-electron chi connectivity index (χ0n) is 16.6. The number of methoxy groups -OCH3 is 1. The van der Waals surface area contributed by atoms with Gasteiger partial charge in [-0.2, -0.15) is 0 Å². The predicted octanol–water partition coefficient (Wildman–Crippen LogP) is 3.35. The molecule has 0 spiro atoms. The summed E-state index contributed by atoms with van der Waals surface area (Å²) in [4.78, 5) is 27.0. The SMILES string of the molecule is COc1ccc(CC(=O)N2CCC(C(=O)NC(C)c3ccccc3)CC2)cc1. The van der Waals surface area contributed by atoms with Gasteiger partial charge in [-0.05, 0) is 43.0 Å². The summed E-state index contributed by atoms with van der Waals surface area (Å²) < 4.78 is 5.15. The molecule has 0 radical (unpaired) electrons. The Balaban J connectivity index is 1.46. The van der Waals surface area contributed by atoms with Crippen molar-refractivity contribution >= 4 is 11.8 Å². The van der Waals surface area contributed by atoms with E-state index in [2.05, 4.69) is 5.32 Å². The quantitative estimate of drug-likeness (QED) is 0.836. The molecule has 2 aromatic rings. The summed E-state index contributed by atoms with van der Waals surface area (Å²) in [6, 6.07) is 17.5. The number of hydrogen-bond donors (Lipinski definition) is 1. The highest BCUT2D eigenvalue weighted by Gasteiger charge is 2.28. The fourth-order valence-electron chi connectivity index (χ4n) is 3.58. The molecule has 5 nitrogen and oxygen atoms in total. The summed E-state index contributed by atoms with van der Waals surface area (Å²) in [6.07, 6.45) is 1.80. The summed E-state index contributed by atoms with van der Waals surface area (Å²) in [6.45, 7) is 3.26. The number of nitrogens with zero attached hydrogens (tertiary/aromatic N) is 1. The van der Waals surface area contributed by atoms with Crippen LogP contribution in [0.5, 0.6) is 5.75 Å². The second-order valence-electron chi connectivity index (χ2n) is 7.32. The van der Waals surface area contributed by atoms with Gasteiger partial charge in [0.15, 0.2) is 0 Å². The maximum atomic E-state index is 12.6. The normalized spacial score (nSPS) is 15.7. The molecule has 148 valence electrons. The first-order chi connectivity index (χ1) is 13.6. The number of hydrogen-bond acceptors (Lipinski definition) is 3. The van der Waals surface area contributed by atoms with E-state index in [0.717, 1.165) is 16.9 Å². The fourth-order valence-corrected chi connectivity index (χ4v) is 3.58. The highest BCUT2D eigenvalue weighted by atomic mass is 16.5. The molecule has 28 heavy (non-hydrogen) atoms. The Morgan fingerprint density at radius 3 is 2.32 bits per heavy atom. The van der Waals surface area contributed by atoms with Crippen LogP contribution in [0.3, 0.4) is 0 Å². The topological polar surface area (TPSA) is 58.6 Å². The van der Waals surface area contributed by atoms with Crippen LogP contribution >= 0.6 is 0 Å². The van der Waals surface area contributed by atoms with Crippen LogP contribution in [-0.4, -0.2) is 36.9 Å². The van der Waals surface area contributed by atoms with E-state index in [1.165, 1.54) is 0 Å². The van der Waals surface area contributed by atoms with Crippen molar-refractivity contribution in [2.24, 2.45) is 5.92 Å². The zero-order chi connectivity index (χ0) is 19.9. The van der Waals surface area contributed by atoms with Gasteiger partial charge in [0.1, 0.15) is 5.75 Å². The van der Waals surface area contributed by atoms with Gasteiger partial charge in [0, 0.05) is 19.0 Å². The van der Waals surface area contributed by atoms with E-state index in [-0.39, 0.29) is 23.8 Å². The minimum Gasteiger partial charge on any atom is -0.497 e. The summed E-state index contributed by atoms with van der Waals surface area (Å²) in [5.74, 6) is 0.948. The molecular formula is C23H28N2O3. The van der Waals surface area contributed by atoms with Gasteiger partial charge < -0.3 is 15.0 Å². The summed E-state index contributed by atoms with van der Waals surface area (Å²) in [7, 11) is 1.63. The highest BCUT2D eigenvalue weighted by molar-refractivity contribution is 5.81.